The van der Waals surface area contributed by atoms with E-state index in [-0.39, 0.29) is 17.3 Å². The molecule has 0 aliphatic carbocycles. The van der Waals surface area contributed by atoms with Crippen LogP contribution in [0.2, 0.25) is 0 Å². The van der Waals surface area contributed by atoms with Crippen molar-refractivity contribution in [3.8, 4) is 11.5 Å². The van der Waals surface area contributed by atoms with Gasteiger partial charge >= 0.3 is 0 Å². The van der Waals surface area contributed by atoms with E-state index in [4.69, 9.17) is 4.42 Å². The minimum atomic E-state index is -1.30. The lowest BCUT2D eigenvalue weighted by atomic mass is 10.1. The highest BCUT2D eigenvalue weighted by molar-refractivity contribution is 7.84. The molecule has 3 rings (SSSR count). The summed E-state index contributed by atoms with van der Waals surface area (Å²) in [5, 5.41) is 13.1. The SMILES string of the molecule is CCc1ccc(-c2nc(CS(=O)CC(O)NCCc3ccc(F)cc3)c(C)o2)cc1. The summed E-state index contributed by atoms with van der Waals surface area (Å²) in [5.41, 5.74) is 3.73. The summed E-state index contributed by atoms with van der Waals surface area (Å²) in [5.74, 6) is 1.19. The zero-order valence-electron chi connectivity index (χ0n) is 17.2. The predicted molar refractivity (Wildman–Crippen MR) is 117 cm³/mol. The quantitative estimate of drug-likeness (QED) is 0.479. The molecule has 0 radical (unpaired) electrons. The summed E-state index contributed by atoms with van der Waals surface area (Å²) in [4.78, 5) is 4.50. The van der Waals surface area contributed by atoms with E-state index >= 15 is 0 Å². The molecule has 160 valence electrons. The van der Waals surface area contributed by atoms with Crippen LogP contribution < -0.4 is 5.32 Å². The average Bonchev–Trinajstić information content (AvgIpc) is 3.09. The Morgan fingerprint density at radius 2 is 1.80 bits per heavy atom. The van der Waals surface area contributed by atoms with Gasteiger partial charge in [-0.3, -0.25) is 9.53 Å². The van der Waals surface area contributed by atoms with Crippen LogP contribution in [0.3, 0.4) is 0 Å². The molecule has 7 heteroatoms. The fourth-order valence-electron chi connectivity index (χ4n) is 3.05. The van der Waals surface area contributed by atoms with E-state index in [1.54, 1.807) is 19.1 Å². The Morgan fingerprint density at radius 1 is 1.13 bits per heavy atom. The van der Waals surface area contributed by atoms with Gasteiger partial charge in [-0.2, -0.15) is 0 Å². The number of benzene rings is 2. The van der Waals surface area contributed by atoms with Crippen molar-refractivity contribution in [1.82, 2.24) is 10.3 Å². The summed E-state index contributed by atoms with van der Waals surface area (Å²) >= 11 is 0. The highest BCUT2D eigenvalue weighted by Gasteiger charge is 2.16. The number of nitrogens with zero attached hydrogens (tertiary/aromatic N) is 1. The number of aliphatic hydroxyl groups is 1. The van der Waals surface area contributed by atoms with Crippen molar-refractivity contribution in [2.45, 2.75) is 38.7 Å². The van der Waals surface area contributed by atoms with E-state index in [1.807, 2.05) is 24.3 Å². The van der Waals surface area contributed by atoms with Gasteiger partial charge in [0.2, 0.25) is 5.89 Å². The van der Waals surface area contributed by atoms with Gasteiger partial charge in [-0.25, -0.2) is 9.37 Å². The van der Waals surface area contributed by atoms with Crippen molar-refractivity contribution in [2.75, 3.05) is 12.3 Å². The lowest BCUT2D eigenvalue weighted by Gasteiger charge is -2.12. The molecule has 0 saturated carbocycles. The van der Waals surface area contributed by atoms with E-state index in [2.05, 4.69) is 17.2 Å². The summed E-state index contributed by atoms with van der Waals surface area (Å²) < 4.78 is 31.1. The first-order chi connectivity index (χ1) is 14.4. The molecule has 1 heterocycles. The monoisotopic (exact) mass is 430 g/mol. The van der Waals surface area contributed by atoms with Gasteiger partial charge in [0.05, 0.1) is 17.2 Å². The van der Waals surface area contributed by atoms with Crippen LogP contribution >= 0.6 is 0 Å². The molecule has 2 aromatic carbocycles. The Labute approximate surface area is 178 Å². The molecule has 2 atom stereocenters. The number of halogens is 1. The van der Waals surface area contributed by atoms with E-state index < -0.39 is 17.0 Å². The van der Waals surface area contributed by atoms with Crippen LogP contribution in [0.15, 0.2) is 52.9 Å². The molecule has 0 aliphatic rings. The molecule has 0 saturated heterocycles. The predicted octanol–water partition coefficient (Wildman–Crippen LogP) is 3.75. The number of aromatic nitrogens is 1. The van der Waals surface area contributed by atoms with Crippen LogP contribution in [0.1, 0.15) is 29.5 Å². The van der Waals surface area contributed by atoms with Crippen LogP contribution in [-0.4, -0.2) is 32.8 Å². The Balaban J connectivity index is 1.49. The molecule has 5 nitrogen and oxygen atoms in total. The smallest absolute Gasteiger partial charge is 0.226 e. The van der Waals surface area contributed by atoms with Gasteiger partial charge in [0.25, 0.3) is 0 Å². The first-order valence-corrected chi connectivity index (χ1v) is 11.5. The van der Waals surface area contributed by atoms with Crippen molar-refractivity contribution in [3.05, 3.63) is 76.9 Å². The van der Waals surface area contributed by atoms with E-state index in [1.165, 1.54) is 17.7 Å². The van der Waals surface area contributed by atoms with Crippen LogP contribution in [0.25, 0.3) is 11.5 Å². The lowest BCUT2D eigenvalue weighted by molar-refractivity contribution is 0.161. The Bertz CT molecular complexity index is 971. The maximum absolute atomic E-state index is 12.9. The number of aliphatic hydroxyl groups excluding tert-OH is 1. The molecule has 0 bridgehead atoms. The fraction of sp³-hybridized carbons (Fsp3) is 0.348. The molecule has 1 aromatic heterocycles. The van der Waals surface area contributed by atoms with Crippen molar-refractivity contribution >= 4 is 10.8 Å². The van der Waals surface area contributed by atoms with Crippen molar-refractivity contribution in [1.29, 1.82) is 0 Å². The minimum absolute atomic E-state index is 0.0935. The molecular formula is C23H27FN2O3S. The summed E-state index contributed by atoms with van der Waals surface area (Å²) in [6.07, 6.45) is 0.724. The van der Waals surface area contributed by atoms with Crippen LogP contribution in [0, 0.1) is 12.7 Å². The highest BCUT2D eigenvalue weighted by Crippen LogP contribution is 2.23. The minimum Gasteiger partial charge on any atom is -0.441 e. The second kappa shape index (κ2) is 10.6. The van der Waals surface area contributed by atoms with E-state index in [0.29, 0.717) is 30.3 Å². The molecule has 30 heavy (non-hydrogen) atoms. The maximum atomic E-state index is 12.9. The normalized spacial score (nSPS) is 13.3. The number of nitrogens with one attached hydrogen (secondary N) is 1. The van der Waals surface area contributed by atoms with E-state index in [0.717, 1.165) is 17.5 Å². The zero-order valence-corrected chi connectivity index (χ0v) is 18.0. The summed E-state index contributed by atoms with van der Waals surface area (Å²) in [6, 6.07) is 14.3. The van der Waals surface area contributed by atoms with Gasteiger partial charge in [0.1, 0.15) is 17.8 Å². The Kier molecular flexibility index (Phi) is 7.90. The molecule has 2 unspecified atom stereocenters. The second-order valence-electron chi connectivity index (χ2n) is 7.17. The maximum Gasteiger partial charge on any atom is 0.226 e. The lowest BCUT2D eigenvalue weighted by Crippen LogP contribution is -2.35. The summed E-state index contributed by atoms with van der Waals surface area (Å²) in [7, 11) is -1.30. The molecule has 0 aliphatic heterocycles. The summed E-state index contributed by atoms with van der Waals surface area (Å²) in [6.45, 7) is 4.41. The third kappa shape index (κ3) is 6.32. The molecule has 3 aromatic rings. The Morgan fingerprint density at radius 3 is 2.47 bits per heavy atom. The fourth-order valence-corrected chi connectivity index (χ4v) is 4.21. The third-order valence-corrected chi connectivity index (χ3v) is 6.13. The second-order valence-corrected chi connectivity index (χ2v) is 8.67. The molecule has 0 amide bonds. The molecule has 0 spiro atoms. The first kappa shape index (κ1) is 22.3. The van der Waals surface area contributed by atoms with Gasteiger partial charge in [-0.15, -0.1) is 0 Å². The van der Waals surface area contributed by atoms with Crippen molar-refractivity contribution in [3.63, 3.8) is 0 Å². The number of aryl methyl sites for hydroxylation is 2. The van der Waals surface area contributed by atoms with Gasteiger partial charge in [0.15, 0.2) is 0 Å². The van der Waals surface area contributed by atoms with Gasteiger partial charge in [-0.05, 0) is 55.2 Å². The Hall–Kier alpha value is -2.35. The largest absolute Gasteiger partial charge is 0.441 e. The standard InChI is InChI=1S/C23H27FN2O3S/c1-3-17-4-8-19(9-5-17)23-26-21(16(2)29-23)14-30(28)15-22(27)25-13-12-18-6-10-20(24)11-7-18/h4-11,22,25,27H,3,12-15H2,1-2H3. The average molecular weight is 431 g/mol. The first-order valence-electron chi connectivity index (χ1n) is 10.0. The topological polar surface area (TPSA) is 75.4 Å². The van der Waals surface area contributed by atoms with Crippen LogP contribution in [-0.2, 0) is 29.4 Å². The number of rotatable bonds is 10. The number of oxazole rings is 1. The van der Waals surface area contributed by atoms with Crippen molar-refractivity contribution in [2.24, 2.45) is 0 Å². The van der Waals surface area contributed by atoms with Gasteiger partial charge in [-0.1, -0.05) is 31.2 Å². The molecule has 0 fully saturated rings. The van der Waals surface area contributed by atoms with E-state index in [9.17, 15) is 13.7 Å². The van der Waals surface area contributed by atoms with Crippen LogP contribution in [0.4, 0.5) is 4.39 Å². The number of hydrogen-bond donors (Lipinski definition) is 2. The van der Waals surface area contributed by atoms with Crippen LogP contribution in [0.5, 0.6) is 0 Å². The van der Waals surface area contributed by atoms with Gasteiger partial charge in [0, 0.05) is 22.9 Å². The zero-order chi connectivity index (χ0) is 21.5. The van der Waals surface area contributed by atoms with Crippen molar-refractivity contribution < 1.29 is 18.1 Å². The highest BCUT2D eigenvalue weighted by atomic mass is 32.2. The van der Waals surface area contributed by atoms with Gasteiger partial charge < -0.3 is 9.52 Å². The molecule has 2 N–H and O–H groups in total. The molecular weight excluding hydrogens is 403 g/mol. The number of hydrogen-bond acceptors (Lipinski definition) is 5. The third-order valence-electron chi connectivity index (χ3n) is 4.85.